The van der Waals surface area contributed by atoms with E-state index in [0.29, 0.717) is 17.9 Å². The summed E-state index contributed by atoms with van der Waals surface area (Å²) >= 11 is 0. The predicted molar refractivity (Wildman–Crippen MR) is 110 cm³/mol. The van der Waals surface area contributed by atoms with Gasteiger partial charge in [0.1, 0.15) is 5.75 Å². The van der Waals surface area contributed by atoms with Gasteiger partial charge < -0.3 is 15.0 Å². The van der Waals surface area contributed by atoms with Gasteiger partial charge in [0, 0.05) is 25.2 Å². The molecule has 1 atom stereocenters. The summed E-state index contributed by atoms with van der Waals surface area (Å²) in [6.45, 7) is 4.04. The van der Waals surface area contributed by atoms with Crippen LogP contribution in [0.4, 0.5) is 5.82 Å². The number of anilines is 1. The number of benzene rings is 2. The summed E-state index contributed by atoms with van der Waals surface area (Å²) in [5.74, 6) is 1.44. The number of hydrogen-bond donors (Lipinski definition) is 2. The molecule has 6 nitrogen and oxygen atoms in total. The van der Waals surface area contributed by atoms with Gasteiger partial charge in [0.25, 0.3) is 5.91 Å². The predicted octanol–water partition coefficient (Wildman–Crippen LogP) is 3.48. The van der Waals surface area contributed by atoms with Crippen molar-refractivity contribution in [1.29, 1.82) is 0 Å². The van der Waals surface area contributed by atoms with Crippen LogP contribution in [0.15, 0.2) is 60.7 Å². The van der Waals surface area contributed by atoms with Crippen LogP contribution in [0.1, 0.15) is 23.7 Å². The van der Waals surface area contributed by atoms with Crippen molar-refractivity contribution in [2.75, 3.05) is 24.6 Å². The van der Waals surface area contributed by atoms with Gasteiger partial charge in [-0.15, -0.1) is 0 Å². The number of H-pyrrole nitrogens is 1. The molecule has 0 radical (unpaired) electrons. The van der Waals surface area contributed by atoms with Crippen LogP contribution in [-0.4, -0.2) is 41.8 Å². The van der Waals surface area contributed by atoms with E-state index in [1.165, 1.54) is 0 Å². The van der Waals surface area contributed by atoms with E-state index in [-0.39, 0.29) is 11.9 Å². The number of amides is 1. The molecule has 2 N–H and O–H groups in total. The van der Waals surface area contributed by atoms with Crippen LogP contribution in [0.25, 0.3) is 11.3 Å². The summed E-state index contributed by atoms with van der Waals surface area (Å²) in [4.78, 5) is 14.9. The van der Waals surface area contributed by atoms with Gasteiger partial charge in [0.2, 0.25) is 0 Å². The number of carbonyl (C=O) groups is 1. The summed E-state index contributed by atoms with van der Waals surface area (Å²) in [5.41, 5.74) is 2.68. The molecule has 1 saturated heterocycles. The summed E-state index contributed by atoms with van der Waals surface area (Å²) in [6, 6.07) is 19.6. The third-order valence-corrected chi connectivity index (χ3v) is 4.93. The average molecular weight is 376 g/mol. The molecule has 144 valence electrons. The van der Waals surface area contributed by atoms with Crippen LogP contribution in [0.2, 0.25) is 0 Å². The molecule has 6 heteroatoms. The Morgan fingerprint density at radius 2 is 2.00 bits per heavy atom. The zero-order chi connectivity index (χ0) is 19.3. The van der Waals surface area contributed by atoms with Crippen LogP contribution in [0.3, 0.4) is 0 Å². The lowest BCUT2D eigenvalue weighted by molar-refractivity contribution is 0.0936. The summed E-state index contributed by atoms with van der Waals surface area (Å²) in [5, 5.41) is 10.7. The zero-order valence-electron chi connectivity index (χ0n) is 15.9. The van der Waals surface area contributed by atoms with Crippen molar-refractivity contribution in [2.45, 2.75) is 19.4 Å². The van der Waals surface area contributed by atoms with Crippen LogP contribution in [-0.2, 0) is 0 Å². The lowest BCUT2D eigenvalue weighted by Gasteiger charge is -2.17. The highest BCUT2D eigenvalue weighted by molar-refractivity contribution is 5.97. The van der Waals surface area contributed by atoms with Gasteiger partial charge >= 0.3 is 0 Å². The average Bonchev–Trinajstić information content (AvgIpc) is 3.39. The van der Waals surface area contributed by atoms with E-state index in [4.69, 9.17) is 4.74 Å². The molecule has 1 unspecified atom stereocenters. The van der Waals surface area contributed by atoms with E-state index in [9.17, 15) is 4.79 Å². The molecule has 2 heterocycles. The van der Waals surface area contributed by atoms with E-state index in [2.05, 4.69) is 38.6 Å². The molecular weight excluding hydrogens is 352 g/mol. The van der Waals surface area contributed by atoms with Gasteiger partial charge in [0.15, 0.2) is 5.82 Å². The van der Waals surface area contributed by atoms with Crippen LogP contribution >= 0.6 is 0 Å². The molecule has 3 aromatic rings. The number of para-hydroxylation sites is 1. The first-order chi connectivity index (χ1) is 13.7. The molecule has 0 aliphatic carbocycles. The lowest BCUT2D eigenvalue weighted by atomic mass is 10.1. The van der Waals surface area contributed by atoms with E-state index in [1.54, 1.807) is 6.07 Å². The fourth-order valence-electron chi connectivity index (χ4n) is 3.52. The van der Waals surface area contributed by atoms with Crippen LogP contribution in [0.5, 0.6) is 5.75 Å². The number of ether oxygens (including phenoxy) is 1. The quantitative estimate of drug-likeness (QED) is 0.691. The molecule has 1 aliphatic rings. The van der Waals surface area contributed by atoms with Crippen molar-refractivity contribution in [3.8, 4) is 17.0 Å². The fraction of sp³-hybridized carbons (Fsp3) is 0.273. The number of rotatable bonds is 6. The molecule has 4 rings (SSSR count). The van der Waals surface area contributed by atoms with Gasteiger partial charge in [-0.3, -0.25) is 9.89 Å². The Labute approximate surface area is 164 Å². The Hall–Kier alpha value is -3.28. The highest BCUT2D eigenvalue weighted by Crippen LogP contribution is 2.25. The molecule has 28 heavy (non-hydrogen) atoms. The molecule has 2 aromatic carbocycles. The number of aromatic nitrogens is 2. The third-order valence-electron chi connectivity index (χ3n) is 4.93. The zero-order valence-corrected chi connectivity index (χ0v) is 15.9. The van der Waals surface area contributed by atoms with Crippen LogP contribution in [0, 0.1) is 0 Å². The number of nitrogens with zero attached hydrogens (tertiary/aromatic N) is 2. The second kappa shape index (κ2) is 8.17. The van der Waals surface area contributed by atoms with Gasteiger partial charge in [0.05, 0.1) is 17.9 Å². The first kappa shape index (κ1) is 18.1. The summed E-state index contributed by atoms with van der Waals surface area (Å²) < 4.78 is 5.57. The molecule has 1 aromatic heterocycles. The Bertz CT molecular complexity index is 938. The Morgan fingerprint density at radius 3 is 2.82 bits per heavy atom. The Morgan fingerprint density at radius 1 is 1.21 bits per heavy atom. The highest BCUT2D eigenvalue weighted by atomic mass is 16.5. The Kier molecular flexibility index (Phi) is 5.28. The number of carbonyl (C=O) groups excluding carboxylic acids is 1. The first-order valence-electron chi connectivity index (χ1n) is 9.63. The molecule has 0 saturated carbocycles. The molecule has 1 amide bonds. The maximum atomic E-state index is 12.7. The van der Waals surface area contributed by atoms with Gasteiger partial charge in [-0.25, -0.2) is 0 Å². The minimum absolute atomic E-state index is 0.0825. The van der Waals surface area contributed by atoms with Crippen molar-refractivity contribution < 1.29 is 9.53 Å². The SMILES string of the molecule is CCOc1ccccc1C(=O)NC1CCN(c2cc(-c3ccccc3)[nH]n2)C1. The van der Waals surface area contributed by atoms with Crippen molar-refractivity contribution in [3.05, 3.63) is 66.2 Å². The summed E-state index contributed by atoms with van der Waals surface area (Å²) in [6.07, 6.45) is 0.885. The van der Waals surface area contributed by atoms with Crippen LogP contribution < -0.4 is 15.0 Å². The van der Waals surface area contributed by atoms with Gasteiger partial charge in [-0.2, -0.15) is 5.10 Å². The Balaban J connectivity index is 1.40. The van der Waals surface area contributed by atoms with Gasteiger partial charge in [-0.1, -0.05) is 42.5 Å². The van der Waals surface area contributed by atoms with Crippen molar-refractivity contribution in [1.82, 2.24) is 15.5 Å². The standard InChI is InChI=1S/C22H24N4O2/c1-2-28-20-11-7-6-10-18(20)22(27)23-17-12-13-26(15-17)21-14-19(24-25-21)16-8-4-3-5-9-16/h3-11,14,17H,2,12-13,15H2,1H3,(H,23,27)(H,24,25). The van der Waals surface area contributed by atoms with Gasteiger partial charge in [-0.05, 0) is 31.0 Å². The minimum Gasteiger partial charge on any atom is -0.493 e. The van der Waals surface area contributed by atoms with Crippen molar-refractivity contribution in [3.63, 3.8) is 0 Å². The highest BCUT2D eigenvalue weighted by Gasteiger charge is 2.26. The first-order valence-corrected chi connectivity index (χ1v) is 9.63. The second-order valence-corrected chi connectivity index (χ2v) is 6.84. The van der Waals surface area contributed by atoms with E-state index < -0.39 is 0 Å². The maximum Gasteiger partial charge on any atom is 0.255 e. The van der Waals surface area contributed by atoms with E-state index >= 15 is 0 Å². The summed E-state index contributed by atoms with van der Waals surface area (Å²) in [7, 11) is 0. The maximum absolute atomic E-state index is 12.7. The monoisotopic (exact) mass is 376 g/mol. The molecule has 0 bridgehead atoms. The molecular formula is C22H24N4O2. The number of nitrogens with one attached hydrogen (secondary N) is 2. The fourth-order valence-corrected chi connectivity index (χ4v) is 3.52. The molecule has 1 aliphatic heterocycles. The topological polar surface area (TPSA) is 70.2 Å². The van der Waals surface area contributed by atoms with Crippen molar-refractivity contribution >= 4 is 11.7 Å². The molecule has 1 fully saturated rings. The van der Waals surface area contributed by atoms with E-state index in [1.807, 2.05) is 43.3 Å². The normalized spacial score (nSPS) is 16.2. The molecule has 0 spiro atoms. The van der Waals surface area contributed by atoms with E-state index in [0.717, 1.165) is 36.6 Å². The lowest BCUT2D eigenvalue weighted by Crippen LogP contribution is -2.37. The third kappa shape index (κ3) is 3.86. The largest absolute Gasteiger partial charge is 0.493 e. The smallest absolute Gasteiger partial charge is 0.255 e. The number of hydrogen-bond acceptors (Lipinski definition) is 4. The van der Waals surface area contributed by atoms with Crippen molar-refractivity contribution in [2.24, 2.45) is 0 Å². The minimum atomic E-state index is -0.0945. The number of aromatic amines is 1. The second-order valence-electron chi connectivity index (χ2n) is 6.84.